The van der Waals surface area contributed by atoms with Gasteiger partial charge in [-0.1, -0.05) is 19.3 Å². The van der Waals surface area contributed by atoms with E-state index in [4.69, 9.17) is 9.47 Å². The van der Waals surface area contributed by atoms with Crippen LogP contribution in [0.2, 0.25) is 0 Å². The number of nitrogens with zero attached hydrogens (tertiary/aromatic N) is 1. The van der Waals surface area contributed by atoms with E-state index in [1.54, 1.807) is 7.11 Å². The molecule has 4 heteroatoms. The number of aliphatic hydroxyl groups is 1. The fraction of sp³-hybridized carbons (Fsp3) is 1.00. The maximum atomic E-state index is 9.96. The maximum absolute atomic E-state index is 9.96. The predicted molar refractivity (Wildman–Crippen MR) is 77.4 cm³/mol. The monoisotopic (exact) mass is 273 g/mol. The number of likely N-dealkylation sites (N-methyl/N-ethyl adjacent to an activating group) is 1. The lowest BCUT2D eigenvalue weighted by Gasteiger charge is -2.28. The molecule has 0 spiro atoms. The molecule has 1 aliphatic rings. The summed E-state index contributed by atoms with van der Waals surface area (Å²) in [6.07, 6.45) is 6.48. The van der Waals surface area contributed by atoms with Crippen molar-refractivity contribution in [1.29, 1.82) is 0 Å². The van der Waals surface area contributed by atoms with Crippen LogP contribution in [0.15, 0.2) is 0 Å². The summed E-state index contributed by atoms with van der Waals surface area (Å²) in [4.78, 5) is 2.24. The minimum absolute atomic E-state index is 0.0447. The zero-order valence-corrected chi connectivity index (χ0v) is 12.8. The summed E-state index contributed by atoms with van der Waals surface area (Å²) >= 11 is 0. The Morgan fingerprint density at radius 3 is 2.53 bits per heavy atom. The van der Waals surface area contributed by atoms with Gasteiger partial charge in [0.2, 0.25) is 0 Å². The van der Waals surface area contributed by atoms with Crippen molar-refractivity contribution in [3.05, 3.63) is 0 Å². The van der Waals surface area contributed by atoms with Crippen molar-refractivity contribution in [2.24, 2.45) is 5.92 Å². The molecule has 0 bridgehead atoms. The molecule has 0 aromatic carbocycles. The average molecular weight is 273 g/mol. The van der Waals surface area contributed by atoms with Crippen molar-refractivity contribution in [3.8, 4) is 0 Å². The topological polar surface area (TPSA) is 41.9 Å². The zero-order chi connectivity index (χ0) is 14.1. The van der Waals surface area contributed by atoms with Gasteiger partial charge in [0.1, 0.15) is 0 Å². The third kappa shape index (κ3) is 7.88. The summed E-state index contributed by atoms with van der Waals surface area (Å²) in [5.74, 6) is 0.819. The molecular formula is C15H31NO3. The molecule has 0 aromatic heterocycles. The van der Waals surface area contributed by atoms with E-state index in [2.05, 4.69) is 11.9 Å². The van der Waals surface area contributed by atoms with Crippen LogP contribution in [0.3, 0.4) is 0 Å². The molecule has 1 rings (SSSR count). The molecule has 1 saturated carbocycles. The van der Waals surface area contributed by atoms with E-state index >= 15 is 0 Å². The molecule has 0 radical (unpaired) electrons. The van der Waals surface area contributed by atoms with Crippen molar-refractivity contribution in [2.45, 2.75) is 51.2 Å². The van der Waals surface area contributed by atoms with Crippen LogP contribution in [-0.4, -0.2) is 62.7 Å². The second-order valence-electron chi connectivity index (χ2n) is 5.98. The van der Waals surface area contributed by atoms with E-state index in [0.717, 1.165) is 12.5 Å². The lowest BCUT2D eigenvalue weighted by molar-refractivity contribution is -0.0390. The van der Waals surface area contributed by atoms with Gasteiger partial charge in [0.25, 0.3) is 0 Å². The number of aliphatic hydroxyl groups excluding tert-OH is 1. The van der Waals surface area contributed by atoms with Crippen LogP contribution < -0.4 is 0 Å². The molecular weight excluding hydrogens is 242 g/mol. The highest BCUT2D eigenvalue weighted by Crippen LogP contribution is 2.24. The lowest BCUT2D eigenvalue weighted by Crippen LogP contribution is -2.36. The van der Waals surface area contributed by atoms with Crippen LogP contribution in [0.25, 0.3) is 0 Å². The van der Waals surface area contributed by atoms with Crippen LogP contribution in [0, 0.1) is 5.92 Å². The van der Waals surface area contributed by atoms with Gasteiger partial charge in [-0.3, -0.25) is 0 Å². The Morgan fingerprint density at radius 2 is 1.89 bits per heavy atom. The van der Waals surface area contributed by atoms with Crippen molar-refractivity contribution in [2.75, 3.05) is 40.5 Å². The van der Waals surface area contributed by atoms with Crippen molar-refractivity contribution >= 4 is 0 Å². The number of ether oxygens (including phenoxy) is 2. The predicted octanol–water partition coefficient (Wildman–Crippen LogP) is 1.91. The summed E-state index contributed by atoms with van der Waals surface area (Å²) in [6.45, 7) is 4.72. The smallest absolute Gasteiger partial charge is 0.0900 e. The third-order valence-electron chi connectivity index (χ3n) is 3.79. The molecule has 1 N–H and O–H groups in total. The second kappa shape index (κ2) is 9.70. The summed E-state index contributed by atoms with van der Waals surface area (Å²) in [6, 6.07) is 0. The summed E-state index contributed by atoms with van der Waals surface area (Å²) in [7, 11) is 3.75. The molecule has 1 fully saturated rings. The normalized spacial score (nSPS) is 20.7. The fourth-order valence-electron chi connectivity index (χ4n) is 2.86. The van der Waals surface area contributed by atoms with Crippen molar-refractivity contribution in [3.63, 3.8) is 0 Å². The Kier molecular flexibility index (Phi) is 8.62. The van der Waals surface area contributed by atoms with Gasteiger partial charge in [-0.15, -0.1) is 0 Å². The van der Waals surface area contributed by atoms with Crippen molar-refractivity contribution < 1.29 is 14.6 Å². The van der Waals surface area contributed by atoms with Gasteiger partial charge in [-0.05, 0) is 32.7 Å². The van der Waals surface area contributed by atoms with Gasteiger partial charge in [-0.25, -0.2) is 0 Å². The highest BCUT2D eigenvalue weighted by molar-refractivity contribution is 4.70. The Bertz CT molecular complexity index is 219. The lowest BCUT2D eigenvalue weighted by atomic mass is 9.89. The van der Waals surface area contributed by atoms with Crippen LogP contribution in [-0.2, 0) is 9.47 Å². The van der Waals surface area contributed by atoms with Crippen LogP contribution >= 0.6 is 0 Å². The van der Waals surface area contributed by atoms with Gasteiger partial charge >= 0.3 is 0 Å². The van der Waals surface area contributed by atoms with Crippen LogP contribution in [0.5, 0.6) is 0 Å². The molecule has 19 heavy (non-hydrogen) atoms. The molecule has 1 aliphatic carbocycles. The van der Waals surface area contributed by atoms with Crippen LogP contribution in [0.1, 0.15) is 39.0 Å². The number of rotatable bonds is 9. The largest absolute Gasteiger partial charge is 0.389 e. The highest BCUT2D eigenvalue weighted by atomic mass is 16.5. The molecule has 0 amide bonds. The average Bonchev–Trinajstić information content (AvgIpc) is 2.38. The molecule has 2 unspecified atom stereocenters. The SMILES string of the molecule is COCC(C)OCC(O)CN(C)CC1CCCCC1. The molecule has 114 valence electrons. The Hall–Kier alpha value is -0.160. The standard InChI is InChI=1S/C15H31NO3/c1-13(11-18-3)19-12-15(17)10-16(2)9-14-7-5-4-6-8-14/h13-15,17H,4-12H2,1-3H3. The maximum Gasteiger partial charge on any atom is 0.0900 e. The fourth-order valence-corrected chi connectivity index (χ4v) is 2.86. The van der Waals surface area contributed by atoms with E-state index < -0.39 is 6.10 Å². The first-order valence-electron chi connectivity index (χ1n) is 7.59. The molecule has 4 nitrogen and oxygen atoms in total. The van der Waals surface area contributed by atoms with E-state index in [1.165, 1.54) is 32.1 Å². The number of hydrogen-bond donors (Lipinski definition) is 1. The second-order valence-corrected chi connectivity index (χ2v) is 5.98. The van der Waals surface area contributed by atoms with E-state index in [0.29, 0.717) is 19.8 Å². The van der Waals surface area contributed by atoms with Crippen molar-refractivity contribution in [1.82, 2.24) is 4.90 Å². The first-order valence-corrected chi connectivity index (χ1v) is 7.59. The minimum Gasteiger partial charge on any atom is -0.389 e. The highest BCUT2D eigenvalue weighted by Gasteiger charge is 2.17. The molecule has 0 saturated heterocycles. The van der Waals surface area contributed by atoms with Gasteiger partial charge in [0, 0.05) is 20.2 Å². The van der Waals surface area contributed by atoms with Crippen LogP contribution in [0.4, 0.5) is 0 Å². The zero-order valence-electron chi connectivity index (χ0n) is 12.8. The number of hydrogen-bond acceptors (Lipinski definition) is 4. The first-order chi connectivity index (χ1) is 9.11. The quantitative estimate of drug-likeness (QED) is 0.697. The third-order valence-corrected chi connectivity index (χ3v) is 3.79. The number of methoxy groups -OCH3 is 1. The van der Waals surface area contributed by atoms with Gasteiger partial charge in [0.05, 0.1) is 25.4 Å². The van der Waals surface area contributed by atoms with Gasteiger partial charge in [0.15, 0.2) is 0 Å². The Morgan fingerprint density at radius 1 is 1.21 bits per heavy atom. The molecule has 0 heterocycles. The Labute approximate surface area is 118 Å². The van der Waals surface area contributed by atoms with E-state index in [-0.39, 0.29) is 6.10 Å². The minimum atomic E-state index is -0.409. The van der Waals surface area contributed by atoms with Gasteiger partial charge in [-0.2, -0.15) is 0 Å². The summed E-state index contributed by atoms with van der Waals surface area (Å²) in [5.41, 5.74) is 0. The van der Waals surface area contributed by atoms with Gasteiger partial charge < -0.3 is 19.5 Å². The summed E-state index contributed by atoms with van der Waals surface area (Å²) in [5, 5.41) is 9.96. The first kappa shape index (κ1) is 16.9. The van der Waals surface area contributed by atoms with E-state index in [9.17, 15) is 5.11 Å². The molecule has 2 atom stereocenters. The van der Waals surface area contributed by atoms with E-state index in [1.807, 2.05) is 6.92 Å². The summed E-state index contributed by atoms with van der Waals surface area (Å²) < 4.78 is 10.5. The Balaban J connectivity index is 2.10. The molecule has 0 aliphatic heterocycles. The molecule has 0 aromatic rings.